The number of urea groups is 1. The molecule has 0 unspecified atom stereocenters. The van der Waals surface area contributed by atoms with Gasteiger partial charge in [0.2, 0.25) is 59.1 Å². The van der Waals surface area contributed by atoms with Crippen LogP contribution in [0.4, 0.5) is 4.79 Å². The molecule has 0 spiro atoms. The molecular weight excluding hydrogens is 1010 g/mol. The van der Waals surface area contributed by atoms with Crippen LogP contribution in [0.5, 0.6) is 0 Å². The van der Waals surface area contributed by atoms with Crippen molar-refractivity contribution in [3.05, 3.63) is 0 Å². The summed E-state index contributed by atoms with van der Waals surface area (Å²) in [5.74, 6) is -16.7. The summed E-state index contributed by atoms with van der Waals surface area (Å²) >= 11 is 0. The molecule has 0 aromatic heterocycles. The smallest absolute Gasteiger partial charge is 0.326 e. The number of carbonyl (C=O) groups excluding carboxylic acids is 11. The molecule has 0 rings (SSSR count). The van der Waals surface area contributed by atoms with Crippen molar-refractivity contribution in [1.29, 1.82) is 0 Å². The van der Waals surface area contributed by atoms with Crippen LogP contribution in [0.2, 0.25) is 0 Å². The second kappa shape index (κ2) is 34.0. The Balaban J connectivity index is 6.88. The molecule has 0 aromatic rings. The molecule has 0 aliphatic heterocycles. The van der Waals surface area contributed by atoms with E-state index in [4.69, 9.17) is 28.0 Å². The summed E-state index contributed by atoms with van der Waals surface area (Å²) in [6, 6.07) is -16.1. The molecule has 0 bridgehead atoms. The molecular formula is C45H77N13O18. The fourth-order valence-electron chi connectivity index (χ4n) is 7.10. The van der Waals surface area contributed by atoms with Crippen LogP contribution in [0.1, 0.15) is 113 Å². The highest BCUT2D eigenvalue weighted by atomic mass is 16.4. The summed E-state index contributed by atoms with van der Waals surface area (Å²) < 4.78 is 0. The molecule has 0 fully saturated rings. The van der Waals surface area contributed by atoms with Crippen LogP contribution >= 0.6 is 0 Å². The fraction of sp³-hybridized carbons (Fsp3) is 0.689. The maximum Gasteiger partial charge on any atom is 0.326 e. The monoisotopic (exact) mass is 1090 g/mol. The molecule has 0 radical (unpaired) electrons. The molecule has 0 aliphatic rings. The SMILES string of the molecule is CC(C)C[C@H](NC(=O)[C@H](CC(N)=O)NC(=O)[C@@H](NC(=O)[C@H](CCC(=O)O)NC(=O)[C@H](CCCNC(N)=O)NC(=O)[C@H](CC(C)C)NC(=O)[C@H](CC(N)=O)NC(=O)[C@@H](N)CC(C)C)[C@@H](C)O)C(=O)N[C@@H](CC(=O)O)C(=O)O. The molecule has 76 heavy (non-hydrogen) atoms. The van der Waals surface area contributed by atoms with Crippen LogP contribution in [-0.4, -0.2) is 170 Å². The summed E-state index contributed by atoms with van der Waals surface area (Å²) in [7, 11) is 0. The zero-order valence-electron chi connectivity index (χ0n) is 43.6. The minimum Gasteiger partial charge on any atom is -0.481 e. The van der Waals surface area contributed by atoms with Crippen LogP contribution in [-0.2, 0) is 62.3 Å². The fourth-order valence-corrected chi connectivity index (χ4v) is 7.10. The third-order valence-corrected chi connectivity index (χ3v) is 10.8. The average Bonchev–Trinajstić information content (AvgIpc) is 3.27. The molecule has 0 aromatic carbocycles. The first-order valence-electron chi connectivity index (χ1n) is 24.3. The van der Waals surface area contributed by atoms with E-state index in [9.17, 15) is 82.4 Å². The van der Waals surface area contributed by atoms with Gasteiger partial charge in [0.05, 0.1) is 31.4 Å². The summed E-state index contributed by atoms with van der Waals surface area (Å²) in [4.78, 5) is 179. The van der Waals surface area contributed by atoms with E-state index in [1.54, 1.807) is 41.5 Å². The number of nitrogens with two attached hydrogens (primary N) is 4. The largest absolute Gasteiger partial charge is 0.481 e. The van der Waals surface area contributed by atoms with E-state index in [1.807, 2.05) is 5.32 Å². The maximum absolute atomic E-state index is 14.1. The predicted octanol–water partition coefficient (Wildman–Crippen LogP) is -5.67. The number of carboxylic acids is 3. The number of primary amides is 3. The van der Waals surface area contributed by atoms with Gasteiger partial charge in [-0.05, 0) is 63.2 Å². The summed E-state index contributed by atoms with van der Waals surface area (Å²) in [5.41, 5.74) is 21.8. The Labute approximate surface area is 438 Å². The van der Waals surface area contributed by atoms with Crippen molar-refractivity contribution in [2.24, 2.45) is 40.7 Å². The van der Waals surface area contributed by atoms with Crippen LogP contribution in [0, 0.1) is 17.8 Å². The second-order valence-electron chi connectivity index (χ2n) is 19.3. The molecule has 0 saturated heterocycles. The number of amides is 12. The van der Waals surface area contributed by atoms with E-state index >= 15 is 0 Å². The minimum atomic E-state index is -2.05. The lowest BCUT2D eigenvalue weighted by molar-refractivity contribution is -0.147. The number of carbonyl (C=O) groups is 14. The van der Waals surface area contributed by atoms with Crippen molar-refractivity contribution >= 4 is 83.0 Å². The van der Waals surface area contributed by atoms with Gasteiger partial charge in [-0.3, -0.25) is 57.5 Å². The van der Waals surface area contributed by atoms with Crippen LogP contribution in [0.3, 0.4) is 0 Å². The van der Waals surface area contributed by atoms with E-state index < -0.39 is 176 Å². The Bertz CT molecular complexity index is 2090. The molecule has 430 valence electrons. The lowest BCUT2D eigenvalue weighted by atomic mass is 10.0. The number of aliphatic carboxylic acids is 3. The van der Waals surface area contributed by atoms with Gasteiger partial charge in [0.15, 0.2) is 0 Å². The Morgan fingerprint density at radius 2 is 0.789 bits per heavy atom. The van der Waals surface area contributed by atoms with Gasteiger partial charge in [-0.15, -0.1) is 0 Å². The van der Waals surface area contributed by atoms with Gasteiger partial charge in [0.1, 0.15) is 48.3 Å². The highest BCUT2D eigenvalue weighted by molar-refractivity contribution is 6.00. The van der Waals surface area contributed by atoms with Gasteiger partial charge in [0, 0.05) is 13.0 Å². The van der Waals surface area contributed by atoms with Crippen molar-refractivity contribution in [3.8, 4) is 0 Å². The van der Waals surface area contributed by atoms with Gasteiger partial charge >= 0.3 is 23.9 Å². The molecule has 10 atom stereocenters. The zero-order valence-corrected chi connectivity index (χ0v) is 43.6. The highest BCUT2D eigenvalue weighted by Gasteiger charge is 2.37. The van der Waals surface area contributed by atoms with Crippen LogP contribution in [0.25, 0.3) is 0 Å². The third-order valence-electron chi connectivity index (χ3n) is 10.8. The van der Waals surface area contributed by atoms with Gasteiger partial charge < -0.3 is 91.2 Å². The van der Waals surface area contributed by atoms with Crippen molar-refractivity contribution in [2.45, 2.75) is 173 Å². The average molecular weight is 1090 g/mol. The Morgan fingerprint density at radius 1 is 0.421 bits per heavy atom. The molecule has 21 N–H and O–H groups in total. The summed E-state index contributed by atoms with van der Waals surface area (Å²) in [6.07, 6.45) is -6.46. The third kappa shape index (κ3) is 28.1. The van der Waals surface area contributed by atoms with E-state index in [1.165, 1.54) is 0 Å². The molecule has 31 heteroatoms. The first-order valence-corrected chi connectivity index (χ1v) is 24.3. The van der Waals surface area contributed by atoms with Crippen molar-refractivity contribution in [2.75, 3.05) is 6.54 Å². The number of aliphatic hydroxyl groups is 1. The topological polar surface area (TPSA) is 532 Å². The Morgan fingerprint density at radius 3 is 1.17 bits per heavy atom. The molecule has 12 amide bonds. The Hall–Kier alpha value is -7.70. The van der Waals surface area contributed by atoms with E-state index in [2.05, 4.69) is 42.5 Å². The number of rotatable bonds is 37. The van der Waals surface area contributed by atoms with Gasteiger partial charge in [-0.25, -0.2) is 9.59 Å². The lowest BCUT2D eigenvalue weighted by Crippen LogP contribution is -2.62. The minimum absolute atomic E-state index is 0.0229. The van der Waals surface area contributed by atoms with Gasteiger partial charge in [-0.2, -0.15) is 0 Å². The highest BCUT2D eigenvalue weighted by Crippen LogP contribution is 2.12. The first-order chi connectivity index (χ1) is 35.1. The van der Waals surface area contributed by atoms with Crippen molar-refractivity contribution in [1.82, 2.24) is 47.9 Å². The molecule has 0 aliphatic carbocycles. The number of carboxylic acid groups (broad SMARTS) is 3. The lowest BCUT2D eigenvalue weighted by Gasteiger charge is -2.29. The molecule has 31 nitrogen and oxygen atoms in total. The normalized spacial score (nSPS) is 15.1. The van der Waals surface area contributed by atoms with Gasteiger partial charge in [-0.1, -0.05) is 41.5 Å². The molecule has 0 saturated carbocycles. The van der Waals surface area contributed by atoms with E-state index in [0.717, 1.165) is 6.92 Å². The van der Waals surface area contributed by atoms with Crippen molar-refractivity contribution < 1.29 is 87.5 Å². The second-order valence-corrected chi connectivity index (χ2v) is 19.3. The number of hydrogen-bond donors (Lipinski definition) is 17. The Kier molecular flexibility index (Phi) is 30.5. The zero-order chi connectivity index (χ0) is 58.7. The van der Waals surface area contributed by atoms with Crippen LogP contribution < -0.4 is 70.8 Å². The number of hydrogen-bond acceptors (Lipinski definition) is 16. The first kappa shape index (κ1) is 68.3. The predicted molar refractivity (Wildman–Crippen MR) is 265 cm³/mol. The number of nitrogens with one attached hydrogen (secondary N) is 9. The molecule has 0 heterocycles. The van der Waals surface area contributed by atoms with Crippen LogP contribution in [0.15, 0.2) is 0 Å². The quantitative estimate of drug-likeness (QED) is 0.0258. The summed E-state index contributed by atoms with van der Waals surface area (Å²) in [5, 5.41) is 59.1. The maximum atomic E-state index is 14.1. The van der Waals surface area contributed by atoms with E-state index in [-0.39, 0.29) is 56.4 Å². The van der Waals surface area contributed by atoms with E-state index in [0.29, 0.717) is 0 Å². The van der Waals surface area contributed by atoms with Crippen molar-refractivity contribution in [3.63, 3.8) is 0 Å². The van der Waals surface area contributed by atoms with Gasteiger partial charge in [0.25, 0.3) is 0 Å². The summed E-state index contributed by atoms with van der Waals surface area (Å²) in [6.45, 7) is 11.0. The number of aliphatic hydroxyl groups excluding tert-OH is 1. The standard InChI is InChI=1S/C45H77N13O18/c1-19(2)13-23(46)36(66)53-28(16-31(47)60)41(71)54-26(14-20(3)4)39(69)51-24(9-8-12-50-45(49)76)37(67)52-25(10-11-33(62)63)38(68)58-35(22(7)59)43(73)56-29(17-32(48)61)42(72)55-27(15-21(5)6)40(70)57-30(44(74)75)18-34(64)65/h19-30,35,59H,8-18,46H2,1-7H3,(H2,47,60)(H2,48,61)(H,51,69)(H,52,67)(H,53,66)(H,54,71)(H,55,72)(H,56,73)(H,57,70)(H,58,68)(H,62,63)(H,64,65)(H,74,75)(H3,49,50,76)/t22-,23+,24+,25+,26+,27+,28+,29+,30+,35+/m1/s1.